The Kier molecular flexibility index (Phi) is 5.78. The fraction of sp³-hybridized carbons (Fsp3) is 0.136. The lowest BCUT2D eigenvalue weighted by atomic mass is 10.1. The number of fused-ring (bicyclic) bond motifs is 1. The predicted octanol–water partition coefficient (Wildman–Crippen LogP) is 5.37. The summed E-state index contributed by atoms with van der Waals surface area (Å²) in [5.41, 5.74) is 3.48. The minimum atomic E-state index is -0.136. The molecular weight excluding hydrogens is 418 g/mol. The summed E-state index contributed by atoms with van der Waals surface area (Å²) in [6.45, 7) is 0.442. The van der Waals surface area contributed by atoms with E-state index in [4.69, 9.17) is 12.2 Å². The molecule has 4 rings (SSSR count). The first-order chi connectivity index (χ1) is 14.5. The Morgan fingerprint density at radius 2 is 1.93 bits per heavy atom. The van der Waals surface area contributed by atoms with Crippen molar-refractivity contribution < 1.29 is 15.0 Å². The highest BCUT2D eigenvalue weighted by atomic mass is 32.1. The van der Waals surface area contributed by atoms with Gasteiger partial charge in [-0.2, -0.15) is 0 Å². The molecule has 0 saturated heterocycles. The first kappa shape index (κ1) is 20.1. The average Bonchev–Trinajstić information content (AvgIpc) is 3.26. The smallest absolute Gasteiger partial charge is 0.224 e. The van der Waals surface area contributed by atoms with E-state index < -0.39 is 0 Å². The highest BCUT2D eigenvalue weighted by Gasteiger charge is 2.15. The Morgan fingerprint density at radius 3 is 2.73 bits per heavy atom. The summed E-state index contributed by atoms with van der Waals surface area (Å²) >= 11 is 6.74. The number of aliphatic imine (C=N–C) groups is 1. The number of amides is 1. The van der Waals surface area contributed by atoms with Crippen LogP contribution in [0.15, 0.2) is 53.5 Å². The standard InChI is InChI=1S/C22H19N3O3S2/c26-16-9-7-15(8-10-16)24-20(27)6-3-11-25-21(28)19(30-22(25)29)12-14-13-23-18-5-2-1-4-17(14)18/h1-2,4-5,7-10,12-13,26,28H,3,6,11H2,(H,24,27)/b14-12+. The van der Waals surface area contributed by atoms with Gasteiger partial charge < -0.3 is 15.5 Å². The summed E-state index contributed by atoms with van der Waals surface area (Å²) in [5, 5.41) is 22.7. The normalized spacial score (nSPS) is 13.5. The Balaban J connectivity index is 1.40. The second kappa shape index (κ2) is 8.64. The molecule has 8 heteroatoms. The molecule has 152 valence electrons. The SMILES string of the molecule is O=C(CCCn1c(O)c(/C=C2\C=Nc3ccccc32)sc1=S)Nc1ccc(O)cc1. The molecule has 0 unspecified atom stereocenters. The molecule has 0 aliphatic carbocycles. The molecule has 0 saturated carbocycles. The van der Waals surface area contributed by atoms with Crippen molar-refractivity contribution in [3.8, 4) is 11.6 Å². The minimum absolute atomic E-state index is 0.106. The number of hydrogen-bond donors (Lipinski definition) is 3. The molecular formula is C22H19N3O3S2. The molecule has 0 bridgehead atoms. The summed E-state index contributed by atoms with van der Waals surface area (Å²) in [6, 6.07) is 14.1. The second-order valence-electron chi connectivity index (χ2n) is 6.78. The molecule has 1 aliphatic heterocycles. The van der Waals surface area contributed by atoms with Gasteiger partial charge in [0.05, 0.1) is 10.6 Å². The molecule has 2 aromatic carbocycles. The third kappa shape index (κ3) is 4.34. The molecule has 3 aromatic rings. The van der Waals surface area contributed by atoms with E-state index >= 15 is 0 Å². The van der Waals surface area contributed by atoms with E-state index in [1.54, 1.807) is 22.9 Å². The number of carbonyl (C=O) groups excluding carboxylic acids is 1. The topological polar surface area (TPSA) is 86.9 Å². The van der Waals surface area contributed by atoms with Crippen molar-refractivity contribution in [1.29, 1.82) is 0 Å². The van der Waals surface area contributed by atoms with Crippen LogP contribution in [-0.2, 0) is 11.3 Å². The minimum Gasteiger partial charge on any atom is -0.508 e. The van der Waals surface area contributed by atoms with Gasteiger partial charge in [-0.3, -0.25) is 14.4 Å². The summed E-state index contributed by atoms with van der Waals surface area (Å²) in [4.78, 5) is 17.2. The van der Waals surface area contributed by atoms with Gasteiger partial charge in [0.15, 0.2) is 3.95 Å². The van der Waals surface area contributed by atoms with Crippen molar-refractivity contribution in [2.75, 3.05) is 5.32 Å². The van der Waals surface area contributed by atoms with Crippen LogP contribution in [0.5, 0.6) is 11.6 Å². The first-order valence-electron chi connectivity index (χ1n) is 9.38. The van der Waals surface area contributed by atoms with Crippen molar-refractivity contribution in [2.45, 2.75) is 19.4 Å². The van der Waals surface area contributed by atoms with Crippen molar-refractivity contribution >= 4 is 58.7 Å². The number of allylic oxidation sites excluding steroid dienone is 1. The largest absolute Gasteiger partial charge is 0.508 e. The highest BCUT2D eigenvalue weighted by molar-refractivity contribution is 7.73. The van der Waals surface area contributed by atoms with Crippen LogP contribution in [0.3, 0.4) is 0 Å². The molecule has 0 atom stereocenters. The number of aromatic nitrogens is 1. The molecule has 0 fully saturated rings. The number of hydrogen-bond acceptors (Lipinski definition) is 6. The average molecular weight is 438 g/mol. The highest BCUT2D eigenvalue weighted by Crippen LogP contribution is 2.35. The third-order valence-electron chi connectivity index (χ3n) is 4.67. The van der Waals surface area contributed by atoms with Crippen LogP contribution in [0.4, 0.5) is 11.4 Å². The number of thiazole rings is 1. The number of nitrogens with one attached hydrogen (secondary N) is 1. The van der Waals surface area contributed by atoms with Crippen LogP contribution in [-0.4, -0.2) is 26.9 Å². The van der Waals surface area contributed by atoms with Gasteiger partial charge >= 0.3 is 0 Å². The number of rotatable bonds is 6. The van der Waals surface area contributed by atoms with Crippen molar-refractivity contribution in [3.05, 3.63) is 62.9 Å². The number of nitrogens with zero attached hydrogens (tertiary/aromatic N) is 2. The summed E-state index contributed by atoms with van der Waals surface area (Å²) in [5.74, 6) is 0.116. The van der Waals surface area contributed by atoms with Crippen LogP contribution in [0.25, 0.3) is 11.6 Å². The lowest BCUT2D eigenvalue weighted by Gasteiger charge is -2.07. The molecule has 0 spiro atoms. The van der Waals surface area contributed by atoms with E-state index in [0.717, 1.165) is 16.8 Å². The van der Waals surface area contributed by atoms with E-state index in [1.807, 2.05) is 30.3 Å². The van der Waals surface area contributed by atoms with Gasteiger partial charge in [0.2, 0.25) is 11.8 Å². The number of carbonyl (C=O) groups is 1. The Morgan fingerprint density at radius 1 is 1.17 bits per heavy atom. The van der Waals surface area contributed by atoms with Gasteiger partial charge in [0.1, 0.15) is 5.75 Å². The fourth-order valence-electron chi connectivity index (χ4n) is 3.17. The number of benzene rings is 2. The molecule has 6 nitrogen and oxygen atoms in total. The van der Waals surface area contributed by atoms with Gasteiger partial charge in [-0.15, -0.1) is 11.3 Å². The molecule has 1 amide bonds. The molecule has 3 N–H and O–H groups in total. The van der Waals surface area contributed by atoms with E-state index in [9.17, 15) is 15.0 Å². The molecule has 0 radical (unpaired) electrons. The maximum atomic E-state index is 12.1. The number of aromatic hydroxyl groups is 2. The number of para-hydroxylation sites is 1. The van der Waals surface area contributed by atoms with Crippen molar-refractivity contribution in [2.24, 2.45) is 4.99 Å². The van der Waals surface area contributed by atoms with Crippen LogP contribution in [0, 0.1) is 3.95 Å². The lowest BCUT2D eigenvalue weighted by molar-refractivity contribution is -0.116. The number of anilines is 1. The first-order valence-corrected chi connectivity index (χ1v) is 10.6. The van der Waals surface area contributed by atoms with E-state index in [0.29, 0.717) is 27.5 Å². The predicted molar refractivity (Wildman–Crippen MR) is 123 cm³/mol. The fourth-order valence-corrected chi connectivity index (χ4v) is 4.48. The Hall–Kier alpha value is -3.23. The van der Waals surface area contributed by atoms with Crippen LogP contribution in [0.2, 0.25) is 0 Å². The second-order valence-corrected chi connectivity index (χ2v) is 8.46. The van der Waals surface area contributed by atoms with Gasteiger partial charge in [-0.1, -0.05) is 18.2 Å². The zero-order valence-electron chi connectivity index (χ0n) is 15.9. The quantitative estimate of drug-likeness (QED) is 0.358. The van der Waals surface area contributed by atoms with E-state index in [-0.39, 0.29) is 24.0 Å². The summed E-state index contributed by atoms with van der Waals surface area (Å²) in [7, 11) is 0. The maximum absolute atomic E-state index is 12.1. The Bertz CT molecular complexity index is 1210. The molecule has 30 heavy (non-hydrogen) atoms. The molecule has 1 aliphatic rings. The monoisotopic (exact) mass is 437 g/mol. The van der Waals surface area contributed by atoms with Crippen LogP contribution >= 0.6 is 23.6 Å². The Labute approximate surface area is 182 Å². The van der Waals surface area contributed by atoms with Gasteiger partial charge in [-0.25, -0.2) is 0 Å². The summed E-state index contributed by atoms with van der Waals surface area (Å²) < 4.78 is 2.21. The van der Waals surface area contributed by atoms with Gasteiger partial charge in [0, 0.05) is 36.0 Å². The van der Waals surface area contributed by atoms with Crippen LogP contribution < -0.4 is 5.32 Å². The maximum Gasteiger partial charge on any atom is 0.224 e. The van der Waals surface area contributed by atoms with Gasteiger partial charge in [0.25, 0.3) is 0 Å². The zero-order valence-corrected chi connectivity index (χ0v) is 17.5. The molecule has 2 heterocycles. The van der Waals surface area contributed by atoms with E-state index in [1.165, 1.54) is 23.5 Å². The van der Waals surface area contributed by atoms with Gasteiger partial charge in [-0.05, 0) is 55.0 Å². The molecule has 1 aromatic heterocycles. The third-order valence-corrected chi connectivity index (χ3v) is 6.06. The number of phenolic OH excluding ortho intramolecular Hbond substituents is 1. The van der Waals surface area contributed by atoms with Crippen LogP contribution in [0.1, 0.15) is 23.3 Å². The van der Waals surface area contributed by atoms with Crippen molar-refractivity contribution in [3.63, 3.8) is 0 Å². The van der Waals surface area contributed by atoms with E-state index in [2.05, 4.69) is 10.3 Å². The zero-order chi connectivity index (χ0) is 21.1. The lowest BCUT2D eigenvalue weighted by Crippen LogP contribution is -2.12. The van der Waals surface area contributed by atoms with Crippen molar-refractivity contribution in [1.82, 2.24) is 4.57 Å². The number of phenols is 1. The summed E-state index contributed by atoms with van der Waals surface area (Å²) in [6.07, 6.45) is 4.49.